The van der Waals surface area contributed by atoms with Crippen LogP contribution in [0.15, 0.2) is 30.3 Å². The lowest BCUT2D eigenvalue weighted by molar-refractivity contribution is -0.126. The molecule has 0 radical (unpaired) electrons. The Morgan fingerprint density at radius 3 is 2.45 bits per heavy atom. The van der Waals surface area contributed by atoms with E-state index in [-0.39, 0.29) is 17.2 Å². The Morgan fingerprint density at radius 2 is 1.82 bits per heavy atom. The first-order valence-corrected chi connectivity index (χ1v) is 8.21. The lowest BCUT2D eigenvalue weighted by atomic mass is 9.91. The van der Waals surface area contributed by atoms with Gasteiger partial charge in [0.1, 0.15) is 0 Å². The number of carbonyl (C=O) groups excluding carboxylic acids is 1. The quantitative estimate of drug-likeness (QED) is 0.849. The Labute approximate surface area is 134 Å². The fourth-order valence-corrected chi connectivity index (χ4v) is 2.70. The number of hydrogen-bond donors (Lipinski definition) is 2. The molecule has 1 heterocycles. The minimum Gasteiger partial charge on any atom is -0.384 e. The van der Waals surface area contributed by atoms with Crippen LogP contribution in [0.4, 0.5) is 5.69 Å². The van der Waals surface area contributed by atoms with Gasteiger partial charge in [0.05, 0.1) is 0 Å². The van der Waals surface area contributed by atoms with Crippen LogP contribution in [0.3, 0.4) is 0 Å². The Hall–Kier alpha value is -1.55. The van der Waals surface area contributed by atoms with Crippen LogP contribution in [-0.4, -0.2) is 44.0 Å². The van der Waals surface area contributed by atoms with Crippen molar-refractivity contribution in [1.82, 2.24) is 10.2 Å². The molecule has 4 nitrogen and oxygen atoms in total. The molecule has 1 aliphatic rings. The summed E-state index contributed by atoms with van der Waals surface area (Å²) >= 11 is 0. The van der Waals surface area contributed by atoms with E-state index >= 15 is 0 Å². The number of rotatable bonds is 6. The van der Waals surface area contributed by atoms with Crippen molar-refractivity contribution in [3.63, 3.8) is 0 Å². The molecule has 0 aliphatic carbocycles. The highest BCUT2D eigenvalue weighted by Crippen LogP contribution is 2.18. The number of carbonyl (C=O) groups is 1. The van der Waals surface area contributed by atoms with E-state index in [1.54, 1.807) is 0 Å². The molecule has 1 aromatic carbocycles. The van der Waals surface area contributed by atoms with Crippen molar-refractivity contribution in [3.05, 3.63) is 30.3 Å². The molecule has 1 fully saturated rings. The van der Waals surface area contributed by atoms with E-state index in [9.17, 15) is 4.79 Å². The van der Waals surface area contributed by atoms with Crippen LogP contribution in [0, 0.1) is 11.3 Å². The lowest BCUT2D eigenvalue weighted by Gasteiger charge is -2.30. The molecule has 1 saturated heterocycles. The molecule has 122 valence electrons. The van der Waals surface area contributed by atoms with Crippen LogP contribution >= 0.6 is 0 Å². The zero-order chi connectivity index (χ0) is 16.0. The van der Waals surface area contributed by atoms with Gasteiger partial charge in [0.2, 0.25) is 5.91 Å². The number of likely N-dealkylation sites (tertiary alicyclic amines) is 1. The first kappa shape index (κ1) is 16.8. The summed E-state index contributed by atoms with van der Waals surface area (Å²) in [5, 5.41) is 6.58. The molecule has 0 saturated carbocycles. The van der Waals surface area contributed by atoms with E-state index in [0.29, 0.717) is 6.54 Å². The van der Waals surface area contributed by atoms with Gasteiger partial charge in [-0.05, 0) is 50.5 Å². The van der Waals surface area contributed by atoms with Crippen molar-refractivity contribution < 1.29 is 4.79 Å². The normalized spacial score (nSPS) is 17.2. The largest absolute Gasteiger partial charge is 0.384 e. The molecular weight excluding hydrogens is 274 g/mol. The van der Waals surface area contributed by atoms with Gasteiger partial charge in [-0.1, -0.05) is 32.0 Å². The summed E-state index contributed by atoms with van der Waals surface area (Å²) in [4.78, 5) is 14.6. The van der Waals surface area contributed by atoms with Gasteiger partial charge in [0.25, 0.3) is 0 Å². The maximum absolute atomic E-state index is 12.3. The van der Waals surface area contributed by atoms with Crippen LogP contribution in [-0.2, 0) is 4.79 Å². The zero-order valence-electron chi connectivity index (χ0n) is 14.1. The predicted molar refractivity (Wildman–Crippen MR) is 91.9 cm³/mol. The molecule has 1 aromatic rings. The lowest BCUT2D eigenvalue weighted by Crippen LogP contribution is -2.43. The molecular formula is C18H29N3O. The average Bonchev–Trinajstić information content (AvgIpc) is 2.53. The van der Waals surface area contributed by atoms with E-state index < -0.39 is 0 Å². The fourth-order valence-electron chi connectivity index (χ4n) is 2.70. The van der Waals surface area contributed by atoms with Gasteiger partial charge >= 0.3 is 0 Å². The first-order valence-electron chi connectivity index (χ1n) is 8.21. The van der Waals surface area contributed by atoms with E-state index in [4.69, 9.17) is 0 Å². The van der Waals surface area contributed by atoms with Gasteiger partial charge in [0, 0.05) is 24.7 Å². The number of benzene rings is 1. The molecule has 0 atom stereocenters. The smallest absolute Gasteiger partial charge is 0.223 e. The van der Waals surface area contributed by atoms with Crippen molar-refractivity contribution >= 4 is 11.6 Å². The second-order valence-corrected chi connectivity index (χ2v) is 7.18. The third kappa shape index (κ3) is 5.34. The van der Waals surface area contributed by atoms with Crippen molar-refractivity contribution in [3.8, 4) is 0 Å². The van der Waals surface area contributed by atoms with Gasteiger partial charge in [0.15, 0.2) is 0 Å². The Bertz CT molecular complexity index is 464. The van der Waals surface area contributed by atoms with Gasteiger partial charge in [-0.3, -0.25) is 4.79 Å². The summed E-state index contributed by atoms with van der Waals surface area (Å²) in [6.07, 6.45) is 1.95. The molecule has 2 N–H and O–H groups in total. The SMILES string of the molecule is CN1CCC(C(=O)NCC(C)(C)CNc2ccccc2)CC1. The predicted octanol–water partition coefficient (Wildman–Crippen LogP) is 2.58. The van der Waals surface area contributed by atoms with Crippen LogP contribution < -0.4 is 10.6 Å². The summed E-state index contributed by atoms with van der Waals surface area (Å²) < 4.78 is 0. The molecule has 4 heteroatoms. The molecule has 22 heavy (non-hydrogen) atoms. The Kier molecular flexibility index (Phi) is 5.83. The standard InChI is InChI=1S/C18H29N3O/c1-18(2,13-19-16-7-5-4-6-8-16)14-20-17(22)15-9-11-21(3)12-10-15/h4-8,15,19H,9-14H2,1-3H3,(H,20,22). The number of para-hydroxylation sites is 1. The molecule has 0 unspecified atom stereocenters. The van der Waals surface area contributed by atoms with E-state index in [0.717, 1.165) is 38.2 Å². The van der Waals surface area contributed by atoms with Crippen molar-refractivity contribution in [1.29, 1.82) is 0 Å². The molecule has 0 bridgehead atoms. The van der Waals surface area contributed by atoms with Crippen LogP contribution in [0.2, 0.25) is 0 Å². The summed E-state index contributed by atoms with van der Waals surface area (Å²) in [6.45, 7) is 7.95. The number of amides is 1. The minimum absolute atomic E-state index is 0.0248. The van der Waals surface area contributed by atoms with E-state index in [2.05, 4.69) is 48.6 Å². The number of nitrogens with one attached hydrogen (secondary N) is 2. The van der Waals surface area contributed by atoms with Crippen LogP contribution in [0.5, 0.6) is 0 Å². The molecule has 0 spiro atoms. The summed E-state index contributed by atoms with van der Waals surface area (Å²) in [6, 6.07) is 10.2. The van der Waals surface area contributed by atoms with E-state index in [1.165, 1.54) is 0 Å². The minimum atomic E-state index is 0.0248. The van der Waals surface area contributed by atoms with Crippen LogP contribution in [0.1, 0.15) is 26.7 Å². The maximum Gasteiger partial charge on any atom is 0.223 e. The first-order chi connectivity index (χ1) is 10.5. The number of hydrogen-bond acceptors (Lipinski definition) is 3. The summed E-state index contributed by atoms with van der Waals surface area (Å²) in [5.41, 5.74) is 1.15. The number of nitrogens with zero attached hydrogens (tertiary/aromatic N) is 1. The van der Waals surface area contributed by atoms with Gasteiger partial charge in [-0.15, -0.1) is 0 Å². The van der Waals surface area contributed by atoms with Crippen molar-refractivity contribution in [2.45, 2.75) is 26.7 Å². The zero-order valence-corrected chi connectivity index (χ0v) is 14.1. The number of anilines is 1. The second-order valence-electron chi connectivity index (χ2n) is 7.18. The fraction of sp³-hybridized carbons (Fsp3) is 0.611. The third-order valence-corrected chi connectivity index (χ3v) is 4.38. The average molecular weight is 303 g/mol. The Morgan fingerprint density at radius 1 is 1.18 bits per heavy atom. The third-order valence-electron chi connectivity index (χ3n) is 4.38. The van der Waals surface area contributed by atoms with Gasteiger partial charge in [-0.25, -0.2) is 0 Å². The second kappa shape index (κ2) is 7.63. The highest BCUT2D eigenvalue weighted by molar-refractivity contribution is 5.78. The van der Waals surface area contributed by atoms with Gasteiger partial charge in [-0.2, -0.15) is 0 Å². The summed E-state index contributed by atoms with van der Waals surface area (Å²) in [7, 11) is 2.12. The summed E-state index contributed by atoms with van der Waals surface area (Å²) in [5.74, 6) is 0.412. The van der Waals surface area contributed by atoms with Crippen molar-refractivity contribution in [2.75, 3.05) is 38.5 Å². The maximum atomic E-state index is 12.3. The molecule has 0 aromatic heterocycles. The Balaban J connectivity index is 1.73. The highest BCUT2D eigenvalue weighted by atomic mass is 16.1. The highest BCUT2D eigenvalue weighted by Gasteiger charge is 2.25. The molecule has 2 rings (SSSR count). The topological polar surface area (TPSA) is 44.4 Å². The van der Waals surface area contributed by atoms with Crippen LogP contribution in [0.25, 0.3) is 0 Å². The van der Waals surface area contributed by atoms with Crippen molar-refractivity contribution in [2.24, 2.45) is 11.3 Å². The molecule has 1 aliphatic heterocycles. The van der Waals surface area contributed by atoms with Gasteiger partial charge < -0.3 is 15.5 Å². The number of piperidine rings is 1. The van der Waals surface area contributed by atoms with E-state index in [1.807, 2.05) is 18.2 Å². The monoisotopic (exact) mass is 303 g/mol. The molecule has 1 amide bonds.